The first-order chi connectivity index (χ1) is 8.19. The third-order valence-electron chi connectivity index (χ3n) is 2.33. The summed E-state index contributed by atoms with van der Waals surface area (Å²) in [5, 5.41) is 6.64. The van der Waals surface area contributed by atoms with Crippen LogP contribution in [0.2, 0.25) is 0 Å². The lowest BCUT2D eigenvalue weighted by molar-refractivity contribution is 0.277. The highest BCUT2D eigenvalue weighted by atomic mass is 19.1. The van der Waals surface area contributed by atoms with Crippen LogP contribution in [0.1, 0.15) is 13.8 Å². The summed E-state index contributed by atoms with van der Waals surface area (Å²) in [6.45, 7) is 4.37. The van der Waals surface area contributed by atoms with Gasteiger partial charge in [-0.05, 0) is 13.8 Å². The Morgan fingerprint density at radius 2 is 2.06 bits per heavy atom. The van der Waals surface area contributed by atoms with E-state index in [0.29, 0.717) is 24.5 Å². The van der Waals surface area contributed by atoms with Gasteiger partial charge in [0.2, 0.25) is 0 Å². The first kappa shape index (κ1) is 11.5. The largest absolute Gasteiger partial charge is 0.490 e. The predicted molar refractivity (Wildman–Crippen MR) is 62.8 cm³/mol. The zero-order valence-corrected chi connectivity index (χ0v) is 9.71. The number of benzene rings is 1. The van der Waals surface area contributed by atoms with Crippen molar-refractivity contribution in [1.29, 1.82) is 0 Å². The number of hydrogen-bond acceptors (Lipinski definition) is 4. The van der Waals surface area contributed by atoms with Crippen LogP contribution in [0.4, 0.5) is 10.2 Å². The summed E-state index contributed by atoms with van der Waals surface area (Å²) in [5.41, 5.74) is 6.08. The summed E-state index contributed by atoms with van der Waals surface area (Å²) < 4.78 is 24.8. The molecular weight excluding hydrogens is 225 g/mol. The Kier molecular flexibility index (Phi) is 3.03. The molecule has 0 amide bonds. The van der Waals surface area contributed by atoms with Gasteiger partial charge in [-0.3, -0.25) is 5.10 Å². The Morgan fingerprint density at radius 1 is 1.35 bits per heavy atom. The molecule has 6 heteroatoms. The average molecular weight is 239 g/mol. The Balaban J connectivity index is 2.67. The van der Waals surface area contributed by atoms with Gasteiger partial charge >= 0.3 is 0 Å². The number of nitrogens with one attached hydrogen (secondary N) is 1. The minimum Gasteiger partial charge on any atom is -0.490 e. The van der Waals surface area contributed by atoms with Crippen molar-refractivity contribution in [2.24, 2.45) is 0 Å². The number of halogens is 1. The molecule has 0 saturated heterocycles. The summed E-state index contributed by atoms with van der Waals surface area (Å²) in [5.74, 6) is -0.00139. The molecule has 0 aliphatic carbocycles. The van der Waals surface area contributed by atoms with Gasteiger partial charge in [0.15, 0.2) is 23.1 Å². The van der Waals surface area contributed by atoms with Gasteiger partial charge in [0.05, 0.1) is 24.1 Å². The second-order valence-corrected chi connectivity index (χ2v) is 3.42. The number of nitrogens with zero attached hydrogens (tertiary/aromatic N) is 1. The molecule has 1 aromatic carbocycles. The number of H-pyrrole nitrogens is 1. The maximum atomic E-state index is 14.2. The predicted octanol–water partition coefficient (Wildman–Crippen LogP) is 2.08. The van der Waals surface area contributed by atoms with Gasteiger partial charge in [-0.25, -0.2) is 4.39 Å². The van der Waals surface area contributed by atoms with Crippen LogP contribution < -0.4 is 15.2 Å². The summed E-state index contributed by atoms with van der Waals surface area (Å²) >= 11 is 0. The van der Waals surface area contributed by atoms with Crippen LogP contribution in [0, 0.1) is 5.82 Å². The van der Waals surface area contributed by atoms with Gasteiger partial charge in [0.1, 0.15) is 0 Å². The van der Waals surface area contributed by atoms with E-state index >= 15 is 0 Å². The Hall–Kier alpha value is -1.98. The smallest absolute Gasteiger partial charge is 0.198 e. The third-order valence-corrected chi connectivity index (χ3v) is 2.33. The molecule has 0 unspecified atom stereocenters. The van der Waals surface area contributed by atoms with Gasteiger partial charge in [-0.15, -0.1) is 0 Å². The molecule has 0 bridgehead atoms. The maximum Gasteiger partial charge on any atom is 0.198 e. The van der Waals surface area contributed by atoms with Crippen LogP contribution >= 0.6 is 0 Å². The number of hydrogen-bond donors (Lipinski definition) is 2. The van der Waals surface area contributed by atoms with Gasteiger partial charge in [0.25, 0.3) is 0 Å². The van der Waals surface area contributed by atoms with Crippen LogP contribution in [0.25, 0.3) is 10.9 Å². The first-order valence-corrected chi connectivity index (χ1v) is 5.40. The summed E-state index contributed by atoms with van der Waals surface area (Å²) in [6, 6.07) is 1.64. The SMILES string of the molecule is CCOc1cc2[nH]nc(N)c2c(F)c1OCC. The Morgan fingerprint density at radius 3 is 2.71 bits per heavy atom. The van der Waals surface area contributed by atoms with Crippen LogP contribution in [-0.2, 0) is 0 Å². The molecule has 0 aliphatic heterocycles. The molecule has 2 rings (SSSR count). The fourth-order valence-electron chi connectivity index (χ4n) is 1.67. The number of ether oxygens (including phenoxy) is 2. The average Bonchev–Trinajstić information content (AvgIpc) is 2.66. The number of fused-ring (bicyclic) bond motifs is 1. The highest BCUT2D eigenvalue weighted by molar-refractivity contribution is 5.92. The van der Waals surface area contributed by atoms with E-state index in [1.54, 1.807) is 13.0 Å². The second kappa shape index (κ2) is 4.48. The Bertz CT molecular complexity index is 539. The molecule has 0 radical (unpaired) electrons. The first-order valence-electron chi connectivity index (χ1n) is 5.40. The molecule has 1 aromatic heterocycles. The van der Waals surface area contributed by atoms with Crippen molar-refractivity contribution in [3.8, 4) is 11.5 Å². The van der Waals surface area contributed by atoms with Crippen molar-refractivity contribution in [2.75, 3.05) is 18.9 Å². The van der Waals surface area contributed by atoms with E-state index in [1.807, 2.05) is 6.92 Å². The molecule has 0 aliphatic rings. The van der Waals surface area contributed by atoms with Gasteiger partial charge in [-0.2, -0.15) is 5.10 Å². The highest BCUT2D eigenvalue weighted by Gasteiger charge is 2.19. The molecule has 0 saturated carbocycles. The second-order valence-electron chi connectivity index (χ2n) is 3.42. The minimum absolute atomic E-state index is 0.0787. The van der Waals surface area contributed by atoms with Crippen molar-refractivity contribution < 1.29 is 13.9 Å². The fraction of sp³-hybridized carbons (Fsp3) is 0.364. The van der Waals surface area contributed by atoms with Crippen LogP contribution in [0.5, 0.6) is 11.5 Å². The molecule has 17 heavy (non-hydrogen) atoms. The molecular formula is C11H14FN3O2. The van der Waals surface area contributed by atoms with E-state index in [0.717, 1.165) is 0 Å². The number of aromatic nitrogens is 2. The van der Waals surface area contributed by atoms with E-state index in [4.69, 9.17) is 15.2 Å². The zero-order valence-electron chi connectivity index (χ0n) is 9.71. The molecule has 0 fully saturated rings. The van der Waals surface area contributed by atoms with E-state index in [9.17, 15) is 4.39 Å². The quantitative estimate of drug-likeness (QED) is 0.856. The van der Waals surface area contributed by atoms with Crippen molar-refractivity contribution >= 4 is 16.7 Å². The normalized spacial score (nSPS) is 10.8. The monoisotopic (exact) mass is 239 g/mol. The van der Waals surface area contributed by atoms with E-state index in [1.165, 1.54) is 0 Å². The van der Waals surface area contributed by atoms with Crippen LogP contribution in [0.15, 0.2) is 6.07 Å². The summed E-state index contributed by atoms with van der Waals surface area (Å²) in [4.78, 5) is 0. The Labute approximate surface area is 97.7 Å². The van der Waals surface area contributed by atoms with Gasteiger partial charge in [0, 0.05) is 6.07 Å². The molecule has 5 nitrogen and oxygen atoms in total. The van der Waals surface area contributed by atoms with Crippen molar-refractivity contribution in [3.05, 3.63) is 11.9 Å². The van der Waals surface area contributed by atoms with E-state index in [2.05, 4.69) is 10.2 Å². The van der Waals surface area contributed by atoms with Crippen molar-refractivity contribution in [1.82, 2.24) is 10.2 Å². The molecule has 0 spiro atoms. The van der Waals surface area contributed by atoms with E-state index < -0.39 is 5.82 Å². The number of aromatic amines is 1. The summed E-state index contributed by atoms with van der Waals surface area (Å²) in [6.07, 6.45) is 0. The molecule has 1 heterocycles. The zero-order chi connectivity index (χ0) is 12.4. The number of nitrogen functional groups attached to an aromatic ring is 1. The highest BCUT2D eigenvalue weighted by Crippen LogP contribution is 2.37. The lowest BCUT2D eigenvalue weighted by Gasteiger charge is -2.12. The van der Waals surface area contributed by atoms with Gasteiger partial charge < -0.3 is 15.2 Å². The summed E-state index contributed by atoms with van der Waals surface area (Å²) in [7, 11) is 0. The minimum atomic E-state index is -0.543. The van der Waals surface area contributed by atoms with Gasteiger partial charge in [-0.1, -0.05) is 0 Å². The number of nitrogens with two attached hydrogens (primary N) is 1. The maximum absolute atomic E-state index is 14.2. The number of anilines is 1. The molecule has 2 aromatic rings. The molecule has 92 valence electrons. The lowest BCUT2D eigenvalue weighted by atomic mass is 10.2. The van der Waals surface area contributed by atoms with Crippen molar-refractivity contribution in [2.45, 2.75) is 13.8 Å². The molecule has 0 atom stereocenters. The van der Waals surface area contributed by atoms with Crippen LogP contribution in [-0.4, -0.2) is 23.4 Å². The fourth-order valence-corrected chi connectivity index (χ4v) is 1.67. The van der Waals surface area contributed by atoms with E-state index in [-0.39, 0.29) is 17.0 Å². The standard InChI is InChI=1S/C11H14FN3O2/c1-3-16-7-5-6-8(11(13)15-14-6)9(12)10(7)17-4-2/h5H,3-4H2,1-2H3,(H3,13,14,15). The lowest BCUT2D eigenvalue weighted by Crippen LogP contribution is -2.01. The number of rotatable bonds is 4. The third kappa shape index (κ3) is 1.86. The topological polar surface area (TPSA) is 73.2 Å². The van der Waals surface area contributed by atoms with Crippen LogP contribution in [0.3, 0.4) is 0 Å². The van der Waals surface area contributed by atoms with Crippen molar-refractivity contribution in [3.63, 3.8) is 0 Å². The molecule has 3 N–H and O–H groups in total.